The Hall–Kier alpha value is -2.38. The van der Waals surface area contributed by atoms with Crippen molar-refractivity contribution in [2.24, 2.45) is 0 Å². The molecule has 0 aromatic heterocycles. The van der Waals surface area contributed by atoms with E-state index in [2.05, 4.69) is 5.32 Å². The lowest BCUT2D eigenvalue weighted by atomic mass is 10.1. The van der Waals surface area contributed by atoms with E-state index in [0.717, 1.165) is 18.4 Å². The topological polar surface area (TPSA) is 75.7 Å². The van der Waals surface area contributed by atoms with Crippen LogP contribution in [0.15, 0.2) is 53.4 Å². The van der Waals surface area contributed by atoms with Gasteiger partial charge >= 0.3 is 0 Å². The van der Waals surface area contributed by atoms with Crippen molar-refractivity contribution < 1.29 is 17.9 Å². The Morgan fingerprint density at radius 1 is 1.11 bits per heavy atom. The number of carbonyl (C=O) groups excluding carboxylic acids is 1. The fraction of sp³-hybridized carbons (Fsp3) is 0.350. The van der Waals surface area contributed by atoms with E-state index in [1.807, 2.05) is 0 Å². The van der Waals surface area contributed by atoms with Crippen molar-refractivity contribution in [2.75, 3.05) is 13.7 Å². The van der Waals surface area contributed by atoms with Gasteiger partial charge in [0.05, 0.1) is 12.0 Å². The fourth-order valence-corrected chi connectivity index (χ4v) is 4.16. The number of ether oxygens (including phenoxy) is 1. The van der Waals surface area contributed by atoms with Gasteiger partial charge in [0.15, 0.2) is 0 Å². The van der Waals surface area contributed by atoms with Crippen LogP contribution in [0.2, 0.25) is 0 Å². The molecule has 1 N–H and O–H groups in total. The van der Waals surface area contributed by atoms with E-state index < -0.39 is 10.0 Å². The highest BCUT2D eigenvalue weighted by Gasteiger charge is 2.25. The summed E-state index contributed by atoms with van der Waals surface area (Å²) in [4.78, 5) is 12.3. The molecule has 1 amide bonds. The summed E-state index contributed by atoms with van der Waals surface area (Å²) in [6.07, 6.45) is 2.08. The van der Waals surface area contributed by atoms with Crippen molar-refractivity contribution in [1.82, 2.24) is 9.62 Å². The molecule has 1 saturated carbocycles. The van der Waals surface area contributed by atoms with Gasteiger partial charge in [0, 0.05) is 24.7 Å². The maximum atomic E-state index is 12.9. The minimum absolute atomic E-state index is 0.0812. The number of nitrogens with zero attached hydrogens (tertiary/aromatic N) is 1. The van der Waals surface area contributed by atoms with E-state index in [4.69, 9.17) is 4.74 Å². The predicted octanol–water partition coefficient (Wildman–Crippen LogP) is 2.80. The molecule has 0 spiro atoms. The molecule has 1 aliphatic rings. The number of amides is 1. The Balaban J connectivity index is 1.72. The third-order valence-electron chi connectivity index (χ3n) is 4.54. The molecular formula is C20H24N2O4S. The standard InChI is InChI=1S/C20H24N2O4S/c1-3-22(27(24,25)19-12-10-18(26-2)11-13-19)14-15-4-6-16(7-5-15)20(23)21-17-8-9-17/h4-7,10-13,17H,3,8-9,14H2,1-2H3,(H,21,23). The molecule has 6 nitrogen and oxygen atoms in total. The molecule has 7 heteroatoms. The summed E-state index contributed by atoms with van der Waals surface area (Å²) < 4.78 is 32.3. The van der Waals surface area contributed by atoms with Crippen molar-refractivity contribution in [1.29, 1.82) is 0 Å². The van der Waals surface area contributed by atoms with Gasteiger partial charge in [-0.05, 0) is 54.8 Å². The average molecular weight is 388 g/mol. The molecule has 1 fully saturated rings. The summed E-state index contributed by atoms with van der Waals surface area (Å²) in [6, 6.07) is 13.7. The molecular weight excluding hydrogens is 364 g/mol. The molecule has 0 saturated heterocycles. The van der Waals surface area contributed by atoms with Crippen molar-refractivity contribution >= 4 is 15.9 Å². The van der Waals surface area contributed by atoms with Crippen LogP contribution in [0.4, 0.5) is 0 Å². The quantitative estimate of drug-likeness (QED) is 0.754. The van der Waals surface area contributed by atoms with Gasteiger partial charge in [0.25, 0.3) is 5.91 Å². The highest BCUT2D eigenvalue weighted by atomic mass is 32.2. The molecule has 2 aromatic carbocycles. The minimum atomic E-state index is -3.61. The Morgan fingerprint density at radius 2 is 1.74 bits per heavy atom. The zero-order chi connectivity index (χ0) is 19.4. The molecule has 27 heavy (non-hydrogen) atoms. The van der Waals surface area contributed by atoms with Gasteiger partial charge < -0.3 is 10.1 Å². The lowest BCUT2D eigenvalue weighted by Gasteiger charge is -2.21. The van der Waals surface area contributed by atoms with Gasteiger partial charge in [0.2, 0.25) is 10.0 Å². The van der Waals surface area contributed by atoms with Crippen molar-refractivity contribution in [2.45, 2.75) is 37.2 Å². The SMILES string of the molecule is CCN(Cc1ccc(C(=O)NC2CC2)cc1)S(=O)(=O)c1ccc(OC)cc1. The normalized spacial score (nSPS) is 14.2. The number of methoxy groups -OCH3 is 1. The Bertz CT molecular complexity index is 889. The third kappa shape index (κ3) is 4.67. The highest BCUT2D eigenvalue weighted by molar-refractivity contribution is 7.89. The van der Waals surface area contributed by atoms with Crippen LogP contribution in [-0.2, 0) is 16.6 Å². The Kier molecular flexibility index (Phi) is 5.82. The van der Waals surface area contributed by atoms with Crippen LogP contribution in [0.1, 0.15) is 35.7 Å². The fourth-order valence-electron chi connectivity index (χ4n) is 2.73. The van der Waals surface area contributed by atoms with E-state index in [1.165, 1.54) is 11.4 Å². The average Bonchev–Trinajstić information content (AvgIpc) is 3.50. The monoisotopic (exact) mass is 388 g/mol. The molecule has 0 unspecified atom stereocenters. The highest BCUT2D eigenvalue weighted by Crippen LogP contribution is 2.22. The Labute approximate surface area is 160 Å². The predicted molar refractivity (Wildman–Crippen MR) is 103 cm³/mol. The van der Waals surface area contributed by atoms with E-state index in [-0.39, 0.29) is 17.3 Å². The second-order valence-corrected chi connectivity index (χ2v) is 8.49. The number of nitrogens with one attached hydrogen (secondary N) is 1. The molecule has 0 bridgehead atoms. The molecule has 0 atom stereocenters. The van der Waals surface area contributed by atoms with Crippen LogP contribution in [0.3, 0.4) is 0 Å². The zero-order valence-electron chi connectivity index (χ0n) is 15.5. The molecule has 144 valence electrons. The van der Waals surface area contributed by atoms with Crippen LogP contribution >= 0.6 is 0 Å². The molecule has 3 rings (SSSR count). The summed E-state index contributed by atoms with van der Waals surface area (Å²) >= 11 is 0. The molecule has 0 aliphatic heterocycles. The summed E-state index contributed by atoms with van der Waals surface area (Å²) in [5.74, 6) is 0.527. The van der Waals surface area contributed by atoms with Crippen molar-refractivity contribution in [3.63, 3.8) is 0 Å². The number of hydrogen-bond acceptors (Lipinski definition) is 4. The van der Waals surface area contributed by atoms with Crippen LogP contribution in [-0.4, -0.2) is 38.3 Å². The second kappa shape index (κ2) is 8.10. The summed E-state index contributed by atoms with van der Waals surface area (Å²) in [6.45, 7) is 2.40. The molecule has 1 aliphatic carbocycles. The molecule has 2 aromatic rings. The summed E-state index contributed by atoms with van der Waals surface area (Å²) in [5.41, 5.74) is 1.42. The van der Waals surface area contributed by atoms with E-state index in [1.54, 1.807) is 55.5 Å². The third-order valence-corrected chi connectivity index (χ3v) is 6.47. The maximum absolute atomic E-state index is 12.9. The number of carbonyl (C=O) groups is 1. The number of benzene rings is 2. The van der Waals surface area contributed by atoms with Crippen molar-refractivity contribution in [3.8, 4) is 5.75 Å². The lowest BCUT2D eigenvalue weighted by Crippen LogP contribution is -2.30. The molecule has 0 heterocycles. The van der Waals surface area contributed by atoms with E-state index >= 15 is 0 Å². The maximum Gasteiger partial charge on any atom is 0.251 e. The van der Waals surface area contributed by atoms with Gasteiger partial charge in [-0.15, -0.1) is 0 Å². The van der Waals surface area contributed by atoms with Crippen molar-refractivity contribution in [3.05, 3.63) is 59.7 Å². The van der Waals surface area contributed by atoms with Gasteiger partial charge in [-0.25, -0.2) is 8.42 Å². The first-order valence-corrected chi connectivity index (χ1v) is 10.4. The first-order valence-electron chi connectivity index (χ1n) is 8.98. The van der Waals surface area contributed by atoms with Gasteiger partial charge in [-0.3, -0.25) is 4.79 Å². The van der Waals surface area contributed by atoms with E-state index in [0.29, 0.717) is 23.9 Å². The van der Waals surface area contributed by atoms with Crippen LogP contribution in [0, 0.1) is 0 Å². The number of sulfonamides is 1. The summed E-state index contributed by atoms with van der Waals surface area (Å²) in [5, 5.41) is 2.94. The lowest BCUT2D eigenvalue weighted by molar-refractivity contribution is 0.0951. The smallest absolute Gasteiger partial charge is 0.251 e. The zero-order valence-corrected chi connectivity index (χ0v) is 16.3. The largest absolute Gasteiger partial charge is 0.497 e. The minimum Gasteiger partial charge on any atom is -0.497 e. The van der Waals surface area contributed by atoms with Crippen LogP contribution < -0.4 is 10.1 Å². The van der Waals surface area contributed by atoms with Gasteiger partial charge in [0.1, 0.15) is 5.75 Å². The number of rotatable bonds is 8. The van der Waals surface area contributed by atoms with Crippen LogP contribution in [0.5, 0.6) is 5.75 Å². The first-order chi connectivity index (χ1) is 12.9. The second-order valence-electron chi connectivity index (χ2n) is 6.55. The first kappa shape index (κ1) is 19.4. The van der Waals surface area contributed by atoms with E-state index in [9.17, 15) is 13.2 Å². The van der Waals surface area contributed by atoms with Crippen LogP contribution in [0.25, 0.3) is 0 Å². The summed E-state index contributed by atoms with van der Waals surface area (Å²) in [7, 11) is -2.07. The van der Waals surface area contributed by atoms with Gasteiger partial charge in [-0.2, -0.15) is 4.31 Å². The Morgan fingerprint density at radius 3 is 2.26 bits per heavy atom. The number of hydrogen-bond donors (Lipinski definition) is 1. The molecule has 0 radical (unpaired) electrons. The van der Waals surface area contributed by atoms with Gasteiger partial charge in [-0.1, -0.05) is 19.1 Å².